The fraction of sp³-hybridized carbons (Fsp3) is 0.647. The van der Waals surface area contributed by atoms with Crippen molar-refractivity contribution in [1.82, 2.24) is 5.32 Å². The van der Waals surface area contributed by atoms with E-state index in [1.807, 2.05) is 13.1 Å². The van der Waals surface area contributed by atoms with Crippen LogP contribution in [0.2, 0.25) is 0 Å². The summed E-state index contributed by atoms with van der Waals surface area (Å²) in [6.07, 6.45) is 3.69. The second-order valence-corrected chi connectivity index (χ2v) is 6.19. The Morgan fingerprint density at radius 2 is 2.00 bits per heavy atom. The molecule has 1 saturated carbocycles. The van der Waals surface area contributed by atoms with E-state index in [4.69, 9.17) is 4.74 Å². The van der Waals surface area contributed by atoms with E-state index in [1.165, 1.54) is 26.4 Å². The molecule has 20 heavy (non-hydrogen) atoms. The minimum Gasteiger partial charge on any atom is -0.494 e. The topological polar surface area (TPSA) is 21.3 Å². The summed E-state index contributed by atoms with van der Waals surface area (Å²) >= 11 is 0. The van der Waals surface area contributed by atoms with Crippen molar-refractivity contribution in [2.75, 3.05) is 14.2 Å². The molecular weight excluding hydrogens is 253 g/mol. The molecule has 2 rings (SSSR count). The van der Waals surface area contributed by atoms with Gasteiger partial charge in [0, 0.05) is 6.04 Å². The summed E-state index contributed by atoms with van der Waals surface area (Å²) in [4.78, 5) is 0. The fourth-order valence-electron chi connectivity index (χ4n) is 3.44. The molecule has 1 aliphatic carbocycles. The van der Waals surface area contributed by atoms with Crippen molar-refractivity contribution in [2.24, 2.45) is 17.8 Å². The molecule has 112 valence electrons. The summed E-state index contributed by atoms with van der Waals surface area (Å²) in [5, 5.41) is 3.38. The molecule has 1 aromatic rings. The highest BCUT2D eigenvalue weighted by Crippen LogP contribution is 2.40. The molecule has 0 spiro atoms. The number of halogens is 1. The quantitative estimate of drug-likeness (QED) is 0.893. The van der Waals surface area contributed by atoms with Crippen molar-refractivity contribution >= 4 is 0 Å². The molecule has 1 aliphatic rings. The molecule has 0 amide bonds. The molecule has 0 bridgehead atoms. The molecule has 1 aromatic carbocycles. The van der Waals surface area contributed by atoms with Gasteiger partial charge in [0.15, 0.2) is 11.6 Å². The third kappa shape index (κ3) is 3.14. The van der Waals surface area contributed by atoms with Crippen LogP contribution >= 0.6 is 0 Å². The van der Waals surface area contributed by atoms with E-state index >= 15 is 0 Å². The average Bonchev–Trinajstić information content (AvgIpc) is 2.44. The van der Waals surface area contributed by atoms with Gasteiger partial charge in [-0.2, -0.15) is 0 Å². The first kappa shape index (κ1) is 15.3. The molecular formula is C17H26FNO. The highest BCUT2D eigenvalue weighted by molar-refractivity contribution is 5.31. The highest BCUT2D eigenvalue weighted by atomic mass is 19.1. The average molecular weight is 279 g/mol. The Morgan fingerprint density at radius 3 is 2.55 bits per heavy atom. The van der Waals surface area contributed by atoms with Gasteiger partial charge in [0.25, 0.3) is 0 Å². The van der Waals surface area contributed by atoms with Crippen LogP contribution in [0, 0.1) is 23.6 Å². The van der Waals surface area contributed by atoms with Crippen LogP contribution in [0.1, 0.15) is 44.7 Å². The normalized spacial score (nSPS) is 28.1. The number of hydrogen-bond acceptors (Lipinski definition) is 2. The van der Waals surface area contributed by atoms with Crippen LogP contribution in [0.15, 0.2) is 18.2 Å². The van der Waals surface area contributed by atoms with E-state index in [1.54, 1.807) is 12.1 Å². The van der Waals surface area contributed by atoms with Crippen molar-refractivity contribution in [3.05, 3.63) is 29.6 Å². The van der Waals surface area contributed by atoms with E-state index in [0.29, 0.717) is 11.7 Å². The molecule has 0 aliphatic heterocycles. The Labute approximate surface area is 121 Å². The van der Waals surface area contributed by atoms with Gasteiger partial charge in [-0.3, -0.25) is 0 Å². The number of benzene rings is 1. The molecule has 4 unspecified atom stereocenters. The third-order valence-corrected chi connectivity index (χ3v) is 4.96. The lowest BCUT2D eigenvalue weighted by Crippen LogP contribution is -2.31. The Kier molecular flexibility index (Phi) is 5.03. The standard InChI is InChI=1S/C17H26FNO/c1-11-5-6-13(9-12(11)2)17(19-3)14-7-8-16(20-4)15(18)10-14/h7-8,10-13,17,19H,5-6,9H2,1-4H3. The Hall–Kier alpha value is -1.09. The Balaban J connectivity index is 2.17. The second kappa shape index (κ2) is 6.57. The van der Waals surface area contributed by atoms with Crippen LogP contribution in [-0.2, 0) is 0 Å². The minimum atomic E-state index is -0.275. The molecule has 0 radical (unpaired) electrons. The van der Waals surface area contributed by atoms with E-state index < -0.39 is 0 Å². The summed E-state index contributed by atoms with van der Waals surface area (Å²) in [5.74, 6) is 2.17. The summed E-state index contributed by atoms with van der Waals surface area (Å²) in [6, 6.07) is 5.55. The predicted molar refractivity (Wildman–Crippen MR) is 80.4 cm³/mol. The first-order chi connectivity index (χ1) is 9.56. The van der Waals surface area contributed by atoms with Gasteiger partial charge in [-0.1, -0.05) is 26.3 Å². The summed E-state index contributed by atoms with van der Waals surface area (Å²) in [5.41, 5.74) is 1.03. The minimum absolute atomic E-state index is 0.227. The van der Waals surface area contributed by atoms with Gasteiger partial charge in [-0.25, -0.2) is 4.39 Å². The first-order valence-electron chi connectivity index (χ1n) is 7.57. The van der Waals surface area contributed by atoms with E-state index in [2.05, 4.69) is 19.2 Å². The zero-order valence-corrected chi connectivity index (χ0v) is 12.9. The van der Waals surface area contributed by atoms with Gasteiger partial charge in [-0.15, -0.1) is 0 Å². The maximum Gasteiger partial charge on any atom is 0.165 e. The molecule has 0 saturated heterocycles. The molecule has 0 aromatic heterocycles. The summed E-state index contributed by atoms with van der Waals surface area (Å²) in [6.45, 7) is 4.67. The number of ether oxygens (including phenoxy) is 1. The van der Waals surface area contributed by atoms with Crippen LogP contribution in [0.5, 0.6) is 5.75 Å². The maximum atomic E-state index is 13.9. The van der Waals surface area contributed by atoms with Gasteiger partial charge in [-0.05, 0) is 55.3 Å². The van der Waals surface area contributed by atoms with Crippen LogP contribution in [0.25, 0.3) is 0 Å². The van der Waals surface area contributed by atoms with Crippen molar-refractivity contribution in [2.45, 2.75) is 39.2 Å². The van der Waals surface area contributed by atoms with Gasteiger partial charge < -0.3 is 10.1 Å². The number of methoxy groups -OCH3 is 1. The monoisotopic (exact) mass is 279 g/mol. The Bertz CT molecular complexity index is 449. The number of hydrogen-bond donors (Lipinski definition) is 1. The largest absolute Gasteiger partial charge is 0.494 e. The zero-order valence-electron chi connectivity index (χ0n) is 12.9. The van der Waals surface area contributed by atoms with Gasteiger partial charge in [0.05, 0.1) is 7.11 Å². The molecule has 4 atom stereocenters. The predicted octanol–water partition coefficient (Wildman–Crippen LogP) is 4.17. The number of nitrogens with one attached hydrogen (secondary N) is 1. The van der Waals surface area contributed by atoms with Gasteiger partial charge >= 0.3 is 0 Å². The lowest BCUT2D eigenvalue weighted by Gasteiger charge is -2.37. The van der Waals surface area contributed by atoms with Crippen molar-refractivity contribution in [1.29, 1.82) is 0 Å². The third-order valence-electron chi connectivity index (χ3n) is 4.96. The van der Waals surface area contributed by atoms with Crippen molar-refractivity contribution < 1.29 is 9.13 Å². The van der Waals surface area contributed by atoms with Crippen LogP contribution < -0.4 is 10.1 Å². The van der Waals surface area contributed by atoms with E-state index in [-0.39, 0.29) is 11.9 Å². The zero-order chi connectivity index (χ0) is 14.7. The number of rotatable bonds is 4. The van der Waals surface area contributed by atoms with Crippen LogP contribution in [-0.4, -0.2) is 14.2 Å². The van der Waals surface area contributed by atoms with Gasteiger partial charge in [0.1, 0.15) is 0 Å². The van der Waals surface area contributed by atoms with Gasteiger partial charge in [0.2, 0.25) is 0 Å². The SMILES string of the molecule is CNC(c1ccc(OC)c(F)c1)C1CCC(C)C(C)C1. The smallest absolute Gasteiger partial charge is 0.165 e. The van der Waals surface area contributed by atoms with Crippen molar-refractivity contribution in [3.63, 3.8) is 0 Å². The summed E-state index contributed by atoms with van der Waals surface area (Å²) in [7, 11) is 3.47. The summed E-state index contributed by atoms with van der Waals surface area (Å²) < 4.78 is 18.9. The van der Waals surface area contributed by atoms with Crippen LogP contribution in [0.4, 0.5) is 4.39 Å². The maximum absolute atomic E-state index is 13.9. The highest BCUT2D eigenvalue weighted by Gasteiger charge is 2.30. The molecule has 1 N–H and O–H groups in total. The van der Waals surface area contributed by atoms with E-state index in [0.717, 1.165) is 17.4 Å². The molecule has 2 nitrogen and oxygen atoms in total. The van der Waals surface area contributed by atoms with E-state index in [9.17, 15) is 4.39 Å². The lowest BCUT2D eigenvalue weighted by molar-refractivity contribution is 0.174. The fourth-order valence-corrected chi connectivity index (χ4v) is 3.44. The first-order valence-corrected chi connectivity index (χ1v) is 7.57. The Morgan fingerprint density at radius 1 is 1.25 bits per heavy atom. The van der Waals surface area contributed by atoms with Crippen molar-refractivity contribution in [3.8, 4) is 5.75 Å². The lowest BCUT2D eigenvalue weighted by atomic mass is 9.72. The molecule has 1 fully saturated rings. The molecule has 3 heteroatoms. The second-order valence-electron chi connectivity index (χ2n) is 6.19. The molecule has 0 heterocycles. The van der Waals surface area contributed by atoms with Crippen LogP contribution in [0.3, 0.4) is 0 Å².